The first-order valence-electron chi connectivity index (χ1n) is 2.94. The molecule has 0 bridgehead atoms. The average Bonchev–Trinajstić information content (AvgIpc) is 1.98. The van der Waals surface area contributed by atoms with Crippen LogP contribution >= 0.6 is 0 Å². The zero-order valence-electron chi connectivity index (χ0n) is 5.78. The summed E-state index contributed by atoms with van der Waals surface area (Å²) >= 11 is 2.17. The van der Waals surface area contributed by atoms with Crippen LogP contribution in [0.1, 0.15) is 0 Å². The fourth-order valence-electron chi connectivity index (χ4n) is 0.377. The van der Waals surface area contributed by atoms with Crippen molar-refractivity contribution in [1.29, 1.82) is 0 Å². The van der Waals surface area contributed by atoms with E-state index >= 15 is 0 Å². The number of amides is 1. The molecule has 0 radical (unpaired) electrons. The first-order chi connectivity index (χ1) is 5.07. The van der Waals surface area contributed by atoms with Crippen LogP contribution < -0.4 is 11.1 Å². The second-order valence-electron chi connectivity index (χ2n) is 1.90. The Bertz CT molecular complexity index is 162. The van der Waals surface area contributed by atoms with E-state index in [1.165, 1.54) is 0 Å². The molecule has 0 aromatic heterocycles. The van der Waals surface area contributed by atoms with Gasteiger partial charge in [-0.15, -0.1) is 0 Å². The number of aliphatic carboxylic acids is 1. The van der Waals surface area contributed by atoms with Gasteiger partial charge in [0.05, 0.1) is 0 Å². The molecule has 0 saturated carbocycles. The van der Waals surface area contributed by atoms with Gasteiger partial charge in [-0.2, -0.15) is 0 Å². The van der Waals surface area contributed by atoms with Crippen LogP contribution in [0.2, 0.25) is 5.32 Å². The van der Waals surface area contributed by atoms with E-state index in [4.69, 9.17) is 10.8 Å². The molecule has 0 aliphatic heterocycles. The van der Waals surface area contributed by atoms with Crippen LogP contribution in [0.5, 0.6) is 0 Å². The van der Waals surface area contributed by atoms with E-state index in [1.807, 2.05) is 0 Å². The van der Waals surface area contributed by atoms with Crippen LogP contribution in [0.25, 0.3) is 0 Å². The summed E-state index contributed by atoms with van der Waals surface area (Å²) in [5.74, 6) is -1.51. The predicted octanol–water partition coefficient (Wildman–Crippen LogP) is -2.17. The van der Waals surface area contributed by atoms with Crippen LogP contribution in [-0.4, -0.2) is 45.6 Å². The standard InChI is InChI=1S/C5H10N2O3Se/c6-3(2-11)5(10)7-1-4(8)9/h3,11H,1-2,6H2,(H,7,10)(H,8,9). The van der Waals surface area contributed by atoms with Crippen molar-refractivity contribution in [1.82, 2.24) is 5.32 Å². The normalized spacial score (nSPS) is 12.2. The molecule has 0 heterocycles. The number of carbonyl (C=O) groups is 2. The Morgan fingerprint density at radius 1 is 1.64 bits per heavy atom. The van der Waals surface area contributed by atoms with Crippen LogP contribution in [0.3, 0.4) is 0 Å². The number of hydrogen-bond acceptors (Lipinski definition) is 3. The SMILES string of the molecule is NC(C[SeH])C(=O)NCC(=O)O. The molecule has 0 fully saturated rings. The van der Waals surface area contributed by atoms with Gasteiger partial charge in [-0.05, 0) is 0 Å². The van der Waals surface area contributed by atoms with Gasteiger partial charge < -0.3 is 0 Å². The van der Waals surface area contributed by atoms with Gasteiger partial charge in [0.1, 0.15) is 0 Å². The summed E-state index contributed by atoms with van der Waals surface area (Å²) in [7, 11) is 0. The quantitative estimate of drug-likeness (QED) is 0.475. The number of hydrogen-bond donors (Lipinski definition) is 3. The number of nitrogens with two attached hydrogens (primary N) is 1. The van der Waals surface area contributed by atoms with Gasteiger partial charge in [0.25, 0.3) is 0 Å². The summed E-state index contributed by atoms with van der Waals surface area (Å²) < 4.78 is 0. The van der Waals surface area contributed by atoms with Crippen LogP contribution in [0.15, 0.2) is 0 Å². The Balaban J connectivity index is 3.60. The van der Waals surface area contributed by atoms with E-state index < -0.39 is 17.9 Å². The van der Waals surface area contributed by atoms with E-state index in [0.717, 1.165) is 0 Å². The molecule has 0 spiro atoms. The van der Waals surface area contributed by atoms with Gasteiger partial charge >= 0.3 is 71.5 Å². The number of carboxylic acids is 1. The third-order valence-corrected chi connectivity index (χ3v) is 1.77. The second kappa shape index (κ2) is 5.12. The van der Waals surface area contributed by atoms with Crippen molar-refractivity contribution in [2.45, 2.75) is 11.4 Å². The third-order valence-electron chi connectivity index (χ3n) is 0.947. The molecule has 6 heteroatoms. The number of nitrogens with one attached hydrogen (secondary N) is 1. The molecule has 64 valence electrons. The molecule has 1 atom stereocenters. The molecule has 0 aliphatic rings. The van der Waals surface area contributed by atoms with E-state index in [1.54, 1.807) is 0 Å². The Kier molecular flexibility index (Phi) is 4.85. The van der Waals surface area contributed by atoms with Crippen molar-refractivity contribution in [3.8, 4) is 0 Å². The molecule has 0 saturated heterocycles. The summed E-state index contributed by atoms with van der Waals surface area (Å²) in [5.41, 5.74) is 5.28. The zero-order valence-corrected chi connectivity index (χ0v) is 7.66. The second-order valence-corrected chi connectivity index (χ2v) is 2.67. The molecule has 0 aromatic rings. The van der Waals surface area contributed by atoms with Crippen molar-refractivity contribution in [3.63, 3.8) is 0 Å². The Morgan fingerprint density at radius 3 is 2.55 bits per heavy atom. The maximum absolute atomic E-state index is 10.8. The summed E-state index contributed by atoms with van der Waals surface area (Å²) in [4.78, 5) is 20.7. The predicted molar refractivity (Wildman–Crippen MR) is 40.6 cm³/mol. The first-order valence-corrected chi connectivity index (χ1v) is 4.26. The molecule has 1 unspecified atom stereocenters. The molecule has 1 amide bonds. The molecular weight excluding hydrogens is 215 g/mol. The van der Waals surface area contributed by atoms with Crippen LogP contribution in [-0.2, 0) is 9.59 Å². The van der Waals surface area contributed by atoms with Gasteiger partial charge in [0, 0.05) is 0 Å². The van der Waals surface area contributed by atoms with Crippen molar-refractivity contribution in [2.24, 2.45) is 5.73 Å². The molecule has 0 rings (SSSR count). The van der Waals surface area contributed by atoms with Crippen molar-refractivity contribution < 1.29 is 14.7 Å². The van der Waals surface area contributed by atoms with Gasteiger partial charge in [0.2, 0.25) is 0 Å². The van der Waals surface area contributed by atoms with E-state index in [0.29, 0.717) is 5.32 Å². The summed E-state index contributed by atoms with van der Waals surface area (Å²) in [5, 5.41) is 10.8. The fraction of sp³-hybridized carbons (Fsp3) is 0.600. The van der Waals surface area contributed by atoms with Crippen molar-refractivity contribution in [3.05, 3.63) is 0 Å². The van der Waals surface area contributed by atoms with Gasteiger partial charge in [-0.3, -0.25) is 0 Å². The molecule has 5 nitrogen and oxygen atoms in total. The van der Waals surface area contributed by atoms with Crippen LogP contribution in [0.4, 0.5) is 0 Å². The Morgan fingerprint density at radius 2 is 2.18 bits per heavy atom. The number of rotatable bonds is 4. The summed E-state index contributed by atoms with van der Waals surface area (Å²) in [6.45, 7) is -0.375. The van der Waals surface area contributed by atoms with E-state index in [2.05, 4.69) is 21.3 Å². The maximum atomic E-state index is 10.8. The summed E-state index contributed by atoms with van der Waals surface area (Å²) in [6, 6.07) is -0.630. The minimum atomic E-state index is -1.07. The molecule has 0 aliphatic carbocycles. The molecule has 4 N–H and O–H groups in total. The number of carboxylic acid groups (broad SMARTS) is 1. The molecule has 11 heavy (non-hydrogen) atoms. The molecular formula is C5H10N2O3Se. The minimum absolute atomic E-state index is 0.375. The Labute approximate surface area is 72.1 Å². The topological polar surface area (TPSA) is 92.4 Å². The summed E-state index contributed by atoms with van der Waals surface area (Å²) in [6.07, 6.45) is 0. The van der Waals surface area contributed by atoms with Gasteiger partial charge in [-0.1, -0.05) is 0 Å². The zero-order chi connectivity index (χ0) is 8.85. The first kappa shape index (κ1) is 10.4. The third kappa shape index (κ3) is 4.78. The van der Waals surface area contributed by atoms with E-state index in [9.17, 15) is 9.59 Å². The Hall–Kier alpha value is -0.581. The monoisotopic (exact) mass is 226 g/mol. The van der Waals surface area contributed by atoms with Gasteiger partial charge in [-0.25, -0.2) is 0 Å². The van der Waals surface area contributed by atoms with E-state index in [-0.39, 0.29) is 6.54 Å². The average molecular weight is 225 g/mol. The fourth-order valence-corrected chi connectivity index (χ4v) is 0.725. The number of carbonyl (C=O) groups excluding carboxylic acids is 1. The molecule has 0 aromatic carbocycles. The van der Waals surface area contributed by atoms with Crippen LogP contribution in [0, 0.1) is 0 Å². The van der Waals surface area contributed by atoms with Crippen molar-refractivity contribution >= 4 is 27.9 Å². The van der Waals surface area contributed by atoms with Gasteiger partial charge in [0.15, 0.2) is 0 Å². The van der Waals surface area contributed by atoms with Crippen molar-refractivity contribution in [2.75, 3.05) is 6.54 Å².